The lowest BCUT2D eigenvalue weighted by Crippen LogP contribution is -2.33. The van der Waals surface area contributed by atoms with E-state index in [2.05, 4.69) is 21.2 Å². The minimum Gasteiger partial charge on any atom is -0.503 e. The molecule has 1 atom stereocenters. The molecule has 0 saturated carbocycles. The molecule has 1 aromatic carbocycles. The Morgan fingerprint density at radius 3 is 2.76 bits per heavy atom. The summed E-state index contributed by atoms with van der Waals surface area (Å²) >= 11 is 3.20. The lowest BCUT2D eigenvalue weighted by molar-refractivity contribution is -0.139. The quantitative estimate of drug-likeness (QED) is 0.772. The molecule has 0 radical (unpaired) electrons. The van der Waals surface area contributed by atoms with Crippen LogP contribution in [0.2, 0.25) is 0 Å². The first kappa shape index (κ1) is 13.8. The van der Waals surface area contributed by atoms with Crippen LogP contribution in [0.4, 0.5) is 0 Å². The molecule has 0 fully saturated rings. The number of phenolic OH excluding ortho intramolecular Hbond substituents is 1. The van der Waals surface area contributed by atoms with Crippen molar-refractivity contribution < 1.29 is 19.7 Å². The van der Waals surface area contributed by atoms with Crippen molar-refractivity contribution in [1.82, 2.24) is 5.32 Å². The van der Waals surface area contributed by atoms with Gasteiger partial charge in [0.05, 0.1) is 11.6 Å². The van der Waals surface area contributed by atoms with Gasteiger partial charge in [-0.3, -0.25) is 4.79 Å². The smallest absolute Gasteiger partial charge is 0.320 e. The molecule has 0 aliphatic heterocycles. The molecule has 1 aromatic rings. The first-order valence-electron chi connectivity index (χ1n) is 4.97. The zero-order valence-electron chi connectivity index (χ0n) is 9.53. The van der Waals surface area contributed by atoms with Crippen LogP contribution in [0.15, 0.2) is 16.6 Å². The summed E-state index contributed by atoms with van der Waals surface area (Å²) in [6.45, 7) is 1.94. The van der Waals surface area contributed by atoms with Gasteiger partial charge in [0.25, 0.3) is 0 Å². The van der Waals surface area contributed by atoms with E-state index >= 15 is 0 Å². The summed E-state index contributed by atoms with van der Waals surface area (Å²) in [5, 5.41) is 21.2. The maximum Gasteiger partial charge on any atom is 0.320 e. The number of methoxy groups -OCH3 is 1. The van der Waals surface area contributed by atoms with Gasteiger partial charge in [0.1, 0.15) is 6.04 Å². The lowest BCUT2D eigenvalue weighted by Gasteiger charge is -2.11. The number of hydrogen-bond donors (Lipinski definition) is 3. The van der Waals surface area contributed by atoms with Crippen LogP contribution in [0, 0.1) is 0 Å². The molecule has 5 nitrogen and oxygen atoms in total. The summed E-state index contributed by atoms with van der Waals surface area (Å²) in [4.78, 5) is 10.6. The van der Waals surface area contributed by atoms with Crippen LogP contribution in [-0.4, -0.2) is 29.3 Å². The highest BCUT2D eigenvalue weighted by molar-refractivity contribution is 9.10. The second kappa shape index (κ2) is 5.88. The summed E-state index contributed by atoms with van der Waals surface area (Å²) in [7, 11) is 1.46. The van der Waals surface area contributed by atoms with E-state index < -0.39 is 12.0 Å². The van der Waals surface area contributed by atoms with Crippen LogP contribution in [0.5, 0.6) is 11.5 Å². The van der Waals surface area contributed by atoms with Crippen LogP contribution in [0.25, 0.3) is 0 Å². The number of phenols is 1. The molecule has 0 saturated heterocycles. The molecule has 1 unspecified atom stereocenters. The highest BCUT2D eigenvalue weighted by atomic mass is 79.9. The minimum absolute atomic E-state index is 0.0301. The van der Waals surface area contributed by atoms with E-state index in [4.69, 9.17) is 9.84 Å². The molecule has 0 aliphatic rings. The molecule has 17 heavy (non-hydrogen) atoms. The highest BCUT2D eigenvalue weighted by Crippen LogP contribution is 2.35. The Labute approximate surface area is 108 Å². The maximum atomic E-state index is 10.6. The molecule has 0 bridgehead atoms. The second-order valence-corrected chi connectivity index (χ2v) is 4.42. The van der Waals surface area contributed by atoms with E-state index in [0.717, 1.165) is 5.56 Å². The average molecular weight is 304 g/mol. The summed E-state index contributed by atoms with van der Waals surface area (Å²) in [5.74, 6) is -0.531. The Morgan fingerprint density at radius 1 is 1.59 bits per heavy atom. The van der Waals surface area contributed by atoms with Gasteiger partial charge in [-0.05, 0) is 40.5 Å². The van der Waals surface area contributed by atoms with Crippen molar-refractivity contribution in [2.45, 2.75) is 19.5 Å². The zero-order chi connectivity index (χ0) is 13.0. The number of carboxylic acids is 1. The number of carboxylic acid groups (broad SMARTS) is 1. The fourth-order valence-electron chi connectivity index (χ4n) is 1.24. The Morgan fingerprint density at radius 2 is 2.24 bits per heavy atom. The SMILES string of the molecule is COc1cc(CNC(C)C(=O)O)cc(Br)c1O. The van der Waals surface area contributed by atoms with E-state index in [1.54, 1.807) is 19.1 Å². The minimum atomic E-state index is -0.908. The van der Waals surface area contributed by atoms with Gasteiger partial charge in [-0.25, -0.2) is 0 Å². The number of rotatable bonds is 5. The molecule has 3 N–H and O–H groups in total. The highest BCUT2D eigenvalue weighted by Gasteiger charge is 2.12. The lowest BCUT2D eigenvalue weighted by atomic mass is 10.2. The van der Waals surface area contributed by atoms with E-state index in [0.29, 0.717) is 16.8 Å². The Hall–Kier alpha value is -1.27. The van der Waals surface area contributed by atoms with Crippen molar-refractivity contribution in [1.29, 1.82) is 0 Å². The standard InChI is InChI=1S/C11H14BrNO4/c1-6(11(15)16)13-5-7-3-8(12)10(14)9(4-7)17-2/h3-4,6,13-14H,5H2,1-2H3,(H,15,16). The summed E-state index contributed by atoms with van der Waals surface area (Å²) in [6, 6.07) is 2.73. The normalized spacial score (nSPS) is 12.2. The van der Waals surface area contributed by atoms with Gasteiger partial charge in [-0.2, -0.15) is 0 Å². The molecular formula is C11H14BrNO4. The van der Waals surface area contributed by atoms with Crippen molar-refractivity contribution in [2.24, 2.45) is 0 Å². The van der Waals surface area contributed by atoms with Crippen molar-refractivity contribution in [3.63, 3.8) is 0 Å². The predicted octanol–water partition coefficient (Wildman–Crippen LogP) is 1.73. The van der Waals surface area contributed by atoms with Crippen molar-refractivity contribution in [2.75, 3.05) is 7.11 Å². The number of aliphatic carboxylic acids is 1. The van der Waals surface area contributed by atoms with Gasteiger partial charge in [-0.15, -0.1) is 0 Å². The van der Waals surface area contributed by atoms with Crippen LogP contribution in [0.1, 0.15) is 12.5 Å². The summed E-state index contributed by atoms with van der Waals surface area (Å²) in [6.07, 6.45) is 0. The molecule has 0 amide bonds. The van der Waals surface area contributed by atoms with E-state index in [1.807, 2.05) is 0 Å². The first-order chi connectivity index (χ1) is 7.95. The monoisotopic (exact) mass is 303 g/mol. The molecule has 6 heteroatoms. The van der Waals surface area contributed by atoms with Crippen molar-refractivity contribution in [3.8, 4) is 11.5 Å². The number of hydrogen-bond acceptors (Lipinski definition) is 4. The van der Waals surface area contributed by atoms with E-state index in [1.165, 1.54) is 7.11 Å². The Balaban J connectivity index is 2.79. The van der Waals surface area contributed by atoms with Gasteiger partial charge < -0.3 is 20.3 Å². The number of halogens is 1. The molecule has 0 heterocycles. The van der Waals surface area contributed by atoms with Crippen molar-refractivity contribution in [3.05, 3.63) is 22.2 Å². The fraction of sp³-hybridized carbons (Fsp3) is 0.364. The largest absolute Gasteiger partial charge is 0.503 e. The van der Waals surface area contributed by atoms with E-state index in [-0.39, 0.29) is 5.75 Å². The Bertz CT molecular complexity index is 422. The van der Waals surface area contributed by atoms with Crippen LogP contribution >= 0.6 is 15.9 Å². The molecule has 94 valence electrons. The molecule has 0 spiro atoms. The van der Waals surface area contributed by atoms with Crippen LogP contribution in [-0.2, 0) is 11.3 Å². The molecule has 0 aliphatic carbocycles. The number of nitrogens with one attached hydrogen (secondary N) is 1. The van der Waals surface area contributed by atoms with Crippen LogP contribution in [0.3, 0.4) is 0 Å². The number of benzene rings is 1. The summed E-state index contributed by atoms with van der Waals surface area (Å²) < 4.78 is 5.51. The number of carbonyl (C=O) groups is 1. The summed E-state index contributed by atoms with van der Waals surface area (Å²) in [5.41, 5.74) is 0.819. The molecular weight excluding hydrogens is 290 g/mol. The Kier molecular flexibility index (Phi) is 4.77. The third-order valence-electron chi connectivity index (χ3n) is 2.29. The third-order valence-corrected chi connectivity index (χ3v) is 2.90. The number of aromatic hydroxyl groups is 1. The maximum absolute atomic E-state index is 10.6. The van der Waals surface area contributed by atoms with Gasteiger partial charge in [-0.1, -0.05) is 0 Å². The van der Waals surface area contributed by atoms with Gasteiger partial charge >= 0.3 is 5.97 Å². The average Bonchev–Trinajstić information content (AvgIpc) is 2.29. The van der Waals surface area contributed by atoms with Crippen molar-refractivity contribution >= 4 is 21.9 Å². The van der Waals surface area contributed by atoms with Gasteiger partial charge in [0.15, 0.2) is 11.5 Å². The van der Waals surface area contributed by atoms with E-state index in [9.17, 15) is 9.90 Å². The topological polar surface area (TPSA) is 78.8 Å². The second-order valence-electron chi connectivity index (χ2n) is 3.57. The molecule has 0 aromatic heterocycles. The van der Waals surface area contributed by atoms with Crippen LogP contribution < -0.4 is 10.1 Å². The van der Waals surface area contributed by atoms with Gasteiger partial charge in [0, 0.05) is 6.54 Å². The number of ether oxygens (including phenoxy) is 1. The zero-order valence-corrected chi connectivity index (χ0v) is 11.1. The van der Waals surface area contributed by atoms with Gasteiger partial charge in [0.2, 0.25) is 0 Å². The fourth-order valence-corrected chi connectivity index (χ4v) is 1.73. The molecule has 1 rings (SSSR count). The predicted molar refractivity (Wildman–Crippen MR) is 66.3 cm³/mol. The first-order valence-corrected chi connectivity index (χ1v) is 5.76. The third kappa shape index (κ3) is 3.61.